The van der Waals surface area contributed by atoms with Gasteiger partial charge in [-0.15, -0.1) is 11.3 Å². The van der Waals surface area contributed by atoms with Crippen LogP contribution < -0.4 is 5.32 Å². The number of aryl methyl sites for hydroxylation is 3. The number of hydrogen-bond donors (Lipinski definition) is 1. The van der Waals surface area contributed by atoms with Gasteiger partial charge in [0, 0.05) is 16.2 Å². The van der Waals surface area contributed by atoms with Crippen molar-refractivity contribution in [3.8, 4) is 0 Å². The molecule has 0 unspecified atom stereocenters. The summed E-state index contributed by atoms with van der Waals surface area (Å²) in [7, 11) is 0. The lowest BCUT2D eigenvalue weighted by Gasteiger charge is -2.12. The Hall–Kier alpha value is -2.04. The summed E-state index contributed by atoms with van der Waals surface area (Å²) in [5, 5.41) is 5.32. The maximum Gasteiger partial charge on any atom is 0.350 e. The van der Waals surface area contributed by atoms with E-state index in [1.54, 1.807) is 25.2 Å². The molecule has 5 rings (SSSR count). The number of fused-ring (bicyclic) bond motifs is 3. The van der Waals surface area contributed by atoms with Gasteiger partial charge in [-0.3, -0.25) is 4.79 Å². The van der Waals surface area contributed by atoms with Crippen molar-refractivity contribution in [2.24, 2.45) is 0 Å². The lowest BCUT2D eigenvalue weighted by Crippen LogP contribution is -2.14. The molecule has 0 saturated heterocycles. The van der Waals surface area contributed by atoms with Crippen LogP contribution in [0.4, 0.5) is 5.13 Å². The number of ether oxygens (including phenoxy) is 1. The number of carbonyl (C=O) groups is 2. The zero-order valence-corrected chi connectivity index (χ0v) is 20.5. The normalized spacial score (nSPS) is 15.6. The quantitative estimate of drug-likeness (QED) is 0.280. The molecule has 10 heteroatoms. The van der Waals surface area contributed by atoms with E-state index in [-0.39, 0.29) is 11.7 Å². The molecule has 3 aromatic rings. The smallest absolute Gasteiger partial charge is 0.350 e. The first-order valence-electron chi connectivity index (χ1n) is 10.9. The average Bonchev–Trinajstić information content (AvgIpc) is 3.46. The fourth-order valence-corrected chi connectivity index (χ4v) is 6.96. The molecule has 1 saturated carbocycles. The van der Waals surface area contributed by atoms with Crippen LogP contribution in [-0.4, -0.2) is 39.2 Å². The molecule has 0 spiro atoms. The van der Waals surface area contributed by atoms with Crippen molar-refractivity contribution < 1.29 is 14.3 Å². The van der Waals surface area contributed by atoms with Crippen molar-refractivity contribution in [1.29, 1.82) is 0 Å². The Morgan fingerprint density at radius 3 is 2.75 bits per heavy atom. The van der Waals surface area contributed by atoms with E-state index in [9.17, 15) is 9.59 Å². The Kier molecular flexibility index (Phi) is 6.18. The van der Waals surface area contributed by atoms with E-state index in [0.29, 0.717) is 28.2 Å². The molecule has 0 aromatic carbocycles. The number of anilines is 1. The molecule has 7 nitrogen and oxygen atoms in total. The summed E-state index contributed by atoms with van der Waals surface area (Å²) in [5.74, 6) is 1.05. The van der Waals surface area contributed by atoms with Crippen molar-refractivity contribution in [2.75, 3.05) is 17.7 Å². The molecule has 3 aromatic heterocycles. The molecule has 0 atom stereocenters. The highest BCUT2D eigenvalue weighted by Gasteiger charge is 2.30. The van der Waals surface area contributed by atoms with Crippen LogP contribution >= 0.6 is 34.4 Å². The van der Waals surface area contributed by atoms with Crippen LogP contribution in [0.1, 0.15) is 70.2 Å². The summed E-state index contributed by atoms with van der Waals surface area (Å²) in [4.78, 5) is 41.7. The number of esters is 1. The number of thiophene rings is 1. The molecule has 0 bridgehead atoms. The third-order valence-electron chi connectivity index (χ3n) is 5.59. The molecule has 2 aliphatic carbocycles. The number of rotatable bonds is 7. The van der Waals surface area contributed by atoms with Crippen LogP contribution in [0.15, 0.2) is 5.03 Å². The SMILES string of the molecule is CCOC(=O)c1sc(NC(=O)CSc2nc(C3CC3)nc3sc4c(c23)CCCC4)nc1C. The summed E-state index contributed by atoms with van der Waals surface area (Å²) >= 11 is 4.42. The van der Waals surface area contributed by atoms with Gasteiger partial charge in [-0.1, -0.05) is 23.1 Å². The number of nitrogens with one attached hydrogen (secondary N) is 1. The first kappa shape index (κ1) is 21.8. The molecule has 3 heterocycles. The van der Waals surface area contributed by atoms with Gasteiger partial charge in [0.05, 0.1) is 18.1 Å². The molecule has 0 aliphatic heterocycles. The zero-order chi connectivity index (χ0) is 22.2. The molecule has 168 valence electrons. The summed E-state index contributed by atoms with van der Waals surface area (Å²) in [6.07, 6.45) is 6.90. The minimum atomic E-state index is -0.407. The van der Waals surface area contributed by atoms with Crippen molar-refractivity contribution in [2.45, 2.75) is 63.3 Å². The predicted octanol–water partition coefficient (Wildman–Crippen LogP) is 5.12. The van der Waals surface area contributed by atoms with Crippen LogP contribution in [0.25, 0.3) is 10.2 Å². The number of carbonyl (C=O) groups excluding carboxylic acids is 2. The number of aromatic nitrogens is 3. The van der Waals surface area contributed by atoms with E-state index in [4.69, 9.17) is 14.7 Å². The highest BCUT2D eigenvalue weighted by molar-refractivity contribution is 8.00. The Morgan fingerprint density at radius 1 is 1.16 bits per heavy atom. The van der Waals surface area contributed by atoms with Gasteiger partial charge in [-0.2, -0.15) is 0 Å². The average molecular weight is 489 g/mol. The number of hydrogen-bond acceptors (Lipinski definition) is 9. The van der Waals surface area contributed by atoms with E-state index in [0.717, 1.165) is 58.1 Å². The van der Waals surface area contributed by atoms with Crippen molar-refractivity contribution in [1.82, 2.24) is 15.0 Å². The number of thioether (sulfide) groups is 1. The fourth-order valence-electron chi connectivity index (χ4n) is 3.89. The minimum absolute atomic E-state index is 0.164. The molecular formula is C22H24N4O3S3. The van der Waals surface area contributed by atoms with Crippen LogP contribution in [-0.2, 0) is 22.4 Å². The summed E-state index contributed by atoms with van der Waals surface area (Å²) < 4.78 is 5.05. The summed E-state index contributed by atoms with van der Waals surface area (Å²) in [6.45, 7) is 3.80. The maximum absolute atomic E-state index is 12.7. The lowest BCUT2D eigenvalue weighted by atomic mass is 9.97. The Morgan fingerprint density at radius 2 is 1.97 bits per heavy atom. The summed E-state index contributed by atoms with van der Waals surface area (Å²) in [6, 6.07) is 0. The molecule has 1 fully saturated rings. The van der Waals surface area contributed by atoms with Crippen LogP contribution in [0.3, 0.4) is 0 Å². The highest BCUT2D eigenvalue weighted by atomic mass is 32.2. The van der Waals surface area contributed by atoms with Crippen molar-refractivity contribution >= 4 is 61.7 Å². The highest BCUT2D eigenvalue weighted by Crippen LogP contribution is 2.44. The van der Waals surface area contributed by atoms with Gasteiger partial charge in [0.25, 0.3) is 0 Å². The van der Waals surface area contributed by atoms with Gasteiger partial charge in [0.15, 0.2) is 5.13 Å². The van der Waals surface area contributed by atoms with Crippen LogP contribution in [0.2, 0.25) is 0 Å². The first-order chi connectivity index (χ1) is 15.5. The number of amides is 1. The van der Waals surface area contributed by atoms with E-state index >= 15 is 0 Å². The topological polar surface area (TPSA) is 94.1 Å². The Balaban J connectivity index is 1.34. The predicted molar refractivity (Wildman–Crippen MR) is 128 cm³/mol. The van der Waals surface area contributed by atoms with Crippen molar-refractivity contribution in [3.63, 3.8) is 0 Å². The zero-order valence-electron chi connectivity index (χ0n) is 18.0. The minimum Gasteiger partial charge on any atom is -0.462 e. The third-order valence-corrected chi connectivity index (χ3v) is 8.80. The third kappa shape index (κ3) is 4.40. The lowest BCUT2D eigenvalue weighted by molar-refractivity contribution is -0.113. The fraction of sp³-hybridized carbons (Fsp3) is 0.500. The van der Waals surface area contributed by atoms with Gasteiger partial charge in [0.1, 0.15) is 20.6 Å². The van der Waals surface area contributed by atoms with Gasteiger partial charge in [-0.25, -0.2) is 19.7 Å². The van der Waals surface area contributed by atoms with Gasteiger partial charge in [-0.05, 0) is 57.9 Å². The molecule has 2 aliphatic rings. The monoisotopic (exact) mass is 488 g/mol. The van der Waals surface area contributed by atoms with Gasteiger partial charge >= 0.3 is 5.97 Å². The van der Waals surface area contributed by atoms with Gasteiger partial charge < -0.3 is 10.1 Å². The van der Waals surface area contributed by atoms with Crippen LogP contribution in [0.5, 0.6) is 0 Å². The van der Waals surface area contributed by atoms with Gasteiger partial charge in [0.2, 0.25) is 5.91 Å². The number of nitrogens with zero attached hydrogens (tertiary/aromatic N) is 3. The largest absolute Gasteiger partial charge is 0.462 e. The van der Waals surface area contributed by atoms with Crippen LogP contribution in [0, 0.1) is 6.92 Å². The molecule has 32 heavy (non-hydrogen) atoms. The number of thiazole rings is 1. The first-order valence-corrected chi connectivity index (χ1v) is 13.5. The van der Waals surface area contributed by atoms with E-state index < -0.39 is 5.97 Å². The van der Waals surface area contributed by atoms with E-state index in [1.165, 1.54) is 35.0 Å². The maximum atomic E-state index is 12.7. The van der Waals surface area contributed by atoms with E-state index in [2.05, 4.69) is 10.3 Å². The second kappa shape index (κ2) is 9.07. The van der Waals surface area contributed by atoms with Crippen molar-refractivity contribution in [3.05, 3.63) is 26.8 Å². The van der Waals surface area contributed by atoms with E-state index in [1.807, 2.05) is 0 Å². The molecule has 0 radical (unpaired) electrons. The standard InChI is InChI=1S/C22H24N4O3S3/c1-3-29-21(28)17-11(2)23-22(32-17)24-15(27)10-30-19-16-13-6-4-5-7-14(13)31-20(16)26-18(25-19)12-8-9-12/h12H,3-10H2,1-2H3,(H,23,24,27). The second-order valence-corrected chi connectivity index (χ2v) is 11.1. The molecule has 1 amide bonds. The molecule has 1 N–H and O–H groups in total. The Labute approximate surface area is 198 Å². The second-order valence-electron chi connectivity index (χ2n) is 8.04. The molecular weight excluding hydrogens is 464 g/mol. The Bertz CT molecular complexity index is 1200. The summed E-state index contributed by atoms with van der Waals surface area (Å²) in [5.41, 5.74) is 1.95.